The van der Waals surface area contributed by atoms with Crippen LogP contribution in [0.1, 0.15) is 17.3 Å². The number of benzene rings is 2. The van der Waals surface area contributed by atoms with Gasteiger partial charge in [-0.05, 0) is 12.1 Å². The predicted octanol–water partition coefficient (Wildman–Crippen LogP) is 2.74. The molecule has 1 N–H and O–H groups in total. The molecule has 4 aromatic rings. The normalized spacial score (nSPS) is 13.3. The molecule has 0 saturated carbocycles. The van der Waals surface area contributed by atoms with Gasteiger partial charge in [0, 0.05) is 35.3 Å². The van der Waals surface area contributed by atoms with Crippen molar-refractivity contribution in [3.8, 4) is 0 Å². The summed E-state index contributed by atoms with van der Waals surface area (Å²) in [5, 5.41) is 1.70. The number of carbonyl (C=O) groups excluding carboxylic acids is 2. The van der Waals surface area contributed by atoms with Crippen LogP contribution in [0.2, 0.25) is 0 Å². The lowest BCUT2D eigenvalue weighted by molar-refractivity contribution is -0.115. The van der Waals surface area contributed by atoms with Crippen molar-refractivity contribution in [1.82, 2.24) is 9.97 Å². The highest BCUT2D eigenvalue weighted by molar-refractivity contribution is 6.38. The molecule has 1 aliphatic rings. The van der Waals surface area contributed by atoms with E-state index in [1.807, 2.05) is 24.3 Å². The van der Waals surface area contributed by atoms with Gasteiger partial charge in [0.2, 0.25) is 5.91 Å². The summed E-state index contributed by atoms with van der Waals surface area (Å²) in [6.45, 7) is 1.34. The van der Waals surface area contributed by atoms with Gasteiger partial charge >= 0.3 is 0 Å². The summed E-state index contributed by atoms with van der Waals surface area (Å²) in [5.74, 6) is -0.771. The number of imide groups is 1. The largest absolute Gasteiger partial charge is 0.359 e. The van der Waals surface area contributed by atoms with Crippen molar-refractivity contribution in [3.05, 3.63) is 58.4 Å². The molecule has 0 saturated heterocycles. The van der Waals surface area contributed by atoms with E-state index in [-0.39, 0.29) is 11.3 Å². The molecule has 25 heavy (non-hydrogen) atoms. The van der Waals surface area contributed by atoms with Gasteiger partial charge < -0.3 is 4.98 Å². The highest BCUT2D eigenvalue weighted by Crippen LogP contribution is 2.42. The number of hydrogen-bond acceptors (Lipinski definition) is 4. The summed E-state index contributed by atoms with van der Waals surface area (Å²) >= 11 is 0. The van der Waals surface area contributed by atoms with Crippen LogP contribution in [0.3, 0.4) is 0 Å². The molecule has 5 rings (SSSR count). The molecule has 0 unspecified atom stereocenters. The van der Waals surface area contributed by atoms with Crippen molar-refractivity contribution < 1.29 is 9.59 Å². The number of para-hydroxylation sites is 1. The van der Waals surface area contributed by atoms with Crippen LogP contribution in [0, 0.1) is 0 Å². The average Bonchev–Trinajstić information content (AvgIpc) is 2.90. The maximum Gasteiger partial charge on any atom is 0.266 e. The number of carbonyl (C=O) groups is 2. The van der Waals surface area contributed by atoms with Gasteiger partial charge in [0.15, 0.2) is 5.43 Å². The van der Waals surface area contributed by atoms with Gasteiger partial charge in [-0.2, -0.15) is 0 Å². The van der Waals surface area contributed by atoms with Crippen LogP contribution in [0.5, 0.6) is 0 Å². The number of nitrogens with zero attached hydrogens (tertiary/aromatic N) is 2. The van der Waals surface area contributed by atoms with Gasteiger partial charge in [0.05, 0.1) is 27.8 Å². The Kier molecular flexibility index (Phi) is 2.50. The summed E-state index contributed by atoms with van der Waals surface area (Å²) in [6, 6.07) is 10.3. The van der Waals surface area contributed by atoms with Gasteiger partial charge in [0.1, 0.15) is 0 Å². The molecule has 2 aromatic carbocycles. The molecule has 3 heterocycles. The molecule has 0 radical (unpaired) electrons. The number of anilines is 1. The second kappa shape index (κ2) is 4.51. The van der Waals surface area contributed by atoms with Crippen molar-refractivity contribution in [1.29, 1.82) is 0 Å². The number of rotatable bonds is 0. The Morgan fingerprint density at radius 1 is 1.12 bits per heavy atom. The van der Waals surface area contributed by atoms with Gasteiger partial charge in [0.25, 0.3) is 5.91 Å². The van der Waals surface area contributed by atoms with E-state index in [0.717, 1.165) is 4.90 Å². The Hall–Kier alpha value is -3.54. The fourth-order valence-corrected chi connectivity index (χ4v) is 3.61. The minimum atomic E-state index is -0.390. The highest BCUT2D eigenvalue weighted by Gasteiger charge is 2.36. The van der Waals surface area contributed by atoms with Crippen LogP contribution in [0.15, 0.2) is 47.4 Å². The summed E-state index contributed by atoms with van der Waals surface area (Å²) < 4.78 is 0. The number of aromatic amines is 1. The van der Waals surface area contributed by atoms with Gasteiger partial charge in [-0.25, -0.2) is 9.88 Å². The first-order chi connectivity index (χ1) is 12.1. The maximum absolute atomic E-state index is 13.0. The van der Waals surface area contributed by atoms with Crippen molar-refractivity contribution in [2.45, 2.75) is 6.92 Å². The Balaban J connectivity index is 2.14. The molecule has 6 nitrogen and oxygen atoms in total. The summed E-state index contributed by atoms with van der Waals surface area (Å²) in [6.07, 6.45) is 1.56. The fourth-order valence-electron chi connectivity index (χ4n) is 3.61. The number of fused-ring (bicyclic) bond motifs is 4. The molecule has 6 heteroatoms. The SMILES string of the molecule is CC(=O)N1C(=O)c2c3ccccc3nc3c2c1cc1c(=O)cc[nH]c13. The van der Waals surface area contributed by atoms with Crippen molar-refractivity contribution >= 4 is 50.2 Å². The van der Waals surface area contributed by atoms with Gasteiger partial charge in [-0.15, -0.1) is 0 Å². The Bertz CT molecular complexity index is 1320. The smallest absolute Gasteiger partial charge is 0.266 e. The lowest BCUT2D eigenvalue weighted by Gasteiger charge is -2.13. The Labute approximate surface area is 140 Å². The van der Waals surface area contributed by atoms with E-state index in [1.54, 1.807) is 12.3 Å². The first-order valence-corrected chi connectivity index (χ1v) is 7.80. The molecule has 0 atom stereocenters. The number of nitrogens with one attached hydrogen (secondary N) is 1. The van der Waals surface area contributed by atoms with Crippen LogP contribution >= 0.6 is 0 Å². The molecule has 2 aromatic heterocycles. The third kappa shape index (κ3) is 1.63. The number of amides is 2. The molecule has 0 fully saturated rings. The second-order valence-corrected chi connectivity index (χ2v) is 6.05. The molecule has 120 valence electrons. The lowest BCUT2D eigenvalue weighted by Crippen LogP contribution is -2.31. The van der Waals surface area contributed by atoms with Crippen molar-refractivity contribution in [2.24, 2.45) is 0 Å². The Morgan fingerprint density at radius 2 is 1.92 bits per heavy atom. The van der Waals surface area contributed by atoms with E-state index in [4.69, 9.17) is 0 Å². The number of hydrogen-bond donors (Lipinski definition) is 1. The fraction of sp³-hybridized carbons (Fsp3) is 0.0526. The number of aromatic nitrogens is 2. The molecular weight excluding hydrogens is 318 g/mol. The predicted molar refractivity (Wildman–Crippen MR) is 94.9 cm³/mol. The zero-order valence-electron chi connectivity index (χ0n) is 13.2. The van der Waals surface area contributed by atoms with Crippen LogP contribution in [-0.4, -0.2) is 21.8 Å². The van der Waals surface area contributed by atoms with E-state index < -0.39 is 5.91 Å². The minimum Gasteiger partial charge on any atom is -0.359 e. The molecule has 2 amide bonds. The molecule has 1 aliphatic heterocycles. The molecule has 0 aliphatic carbocycles. The zero-order valence-corrected chi connectivity index (χ0v) is 13.2. The van der Waals surface area contributed by atoms with E-state index in [0.29, 0.717) is 44.0 Å². The van der Waals surface area contributed by atoms with Crippen LogP contribution < -0.4 is 10.3 Å². The molecular formula is C19H11N3O3. The number of H-pyrrole nitrogens is 1. The van der Waals surface area contributed by atoms with Gasteiger partial charge in [-0.1, -0.05) is 18.2 Å². The first-order valence-electron chi connectivity index (χ1n) is 7.80. The minimum absolute atomic E-state index is 0.189. The topological polar surface area (TPSA) is 83.1 Å². The standard InChI is InChI=1S/C19H11N3O3/c1-9(23)22-13-8-11-14(24)6-7-20-17(11)18-16(13)15(19(22)25)10-4-2-3-5-12(10)21-18/h2-8H,1H3,(H,20,24). The average molecular weight is 329 g/mol. The summed E-state index contributed by atoms with van der Waals surface area (Å²) in [5.41, 5.74) is 2.42. The van der Waals surface area contributed by atoms with Gasteiger partial charge in [-0.3, -0.25) is 14.4 Å². The first kappa shape index (κ1) is 13.9. The summed E-state index contributed by atoms with van der Waals surface area (Å²) in [7, 11) is 0. The number of pyridine rings is 2. The van der Waals surface area contributed by atoms with E-state index in [1.165, 1.54) is 13.0 Å². The van der Waals surface area contributed by atoms with Crippen molar-refractivity contribution in [2.75, 3.05) is 4.90 Å². The van der Waals surface area contributed by atoms with Crippen molar-refractivity contribution in [3.63, 3.8) is 0 Å². The third-order valence-electron chi connectivity index (χ3n) is 4.64. The van der Waals surface area contributed by atoms with Crippen LogP contribution in [-0.2, 0) is 4.79 Å². The summed E-state index contributed by atoms with van der Waals surface area (Å²) in [4.78, 5) is 46.3. The highest BCUT2D eigenvalue weighted by atomic mass is 16.2. The zero-order chi connectivity index (χ0) is 17.3. The van der Waals surface area contributed by atoms with E-state index >= 15 is 0 Å². The van der Waals surface area contributed by atoms with E-state index in [2.05, 4.69) is 9.97 Å². The van der Waals surface area contributed by atoms with Crippen LogP contribution in [0.25, 0.3) is 32.7 Å². The molecule has 0 bridgehead atoms. The third-order valence-corrected chi connectivity index (χ3v) is 4.64. The van der Waals surface area contributed by atoms with E-state index in [9.17, 15) is 14.4 Å². The maximum atomic E-state index is 13.0. The second-order valence-electron chi connectivity index (χ2n) is 6.05. The monoisotopic (exact) mass is 329 g/mol. The quantitative estimate of drug-likeness (QED) is 0.397. The lowest BCUT2D eigenvalue weighted by atomic mass is 10.0. The van der Waals surface area contributed by atoms with Crippen LogP contribution in [0.4, 0.5) is 5.69 Å². The molecule has 0 spiro atoms. The Morgan fingerprint density at radius 3 is 2.72 bits per heavy atom.